The van der Waals surface area contributed by atoms with E-state index < -0.39 is 0 Å². The van der Waals surface area contributed by atoms with E-state index in [0.717, 1.165) is 26.2 Å². The number of rotatable bonds is 3. The van der Waals surface area contributed by atoms with E-state index in [1.165, 1.54) is 12.7 Å². The highest BCUT2D eigenvalue weighted by Crippen LogP contribution is 2.27. The van der Waals surface area contributed by atoms with E-state index in [1.807, 2.05) is 0 Å². The van der Waals surface area contributed by atoms with Gasteiger partial charge in [0.1, 0.15) is 0 Å². The summed E-state index contributed by atoms with van der Waals surface area (Å²) in [6.45, 7) is 8.16. The summed E-state index contributed by atoms with van der Waals surface area (Å²) in [6.07, 6.45) is 3.84. The molecular formula is C9H16O2. The summed E-state index contributed by atoms with van der Waals surface area (Å²) >= 11 is 0. The third-order valence-corrected chi connectivity index (χ3v) is 2.07. The first-order chi connectivity index (χ1) is 5.27. The summed E-state index contributed by atoms with van der Waals surface area (Å²) in [5.41, 5.74) is 0.215. The zero-order valence-corrected chi connectivity index (χ0v) is 7.14. The molecule has 1 aliphatic heterocycles. The lowest BCUT2D eigenvalue weighted by atomic mass is 9.86. The highest BCUT2D eigenvalue weighted by atomic mass is 16.5. The molecule has 11 heavy (non-hydrogen) atoms. The van der Waals surface area contributed by atoms with Crippen molar-refractivity contribution in [3.05, 3.63) is 12.8 Å². The van der Waals surface area contributed by atoms with Gasteiger partial charge in [-0.05, 0) is 12.8 Å². The minimum absolute atomic E-state index is 0.215. The monoisotopic (exact) mass is 156 g/mol. The zero-order valence-electron chi connectivity index (χ0n) is 7.14. The minimum atomic E-state index is 0.215. The van der Waals surface area contributed by atoms with Crippen LogP contribution in [0.3, 0.4) is 0 Å². The molecule has 2 nitrogen and oxygen atoms in total. The van der Waals surface area contributed by atoms with E-state index in [0.29, 0.717) is 0 Å². The molecule has 1 aliphatic rings. The Balaban J connectivity index is 2.30. The Bertz CT molecular complexity index is 126. The molecule has 1 rings (SSSR count). The van der Waals surface area contributed by atoms with Gasteiger partial charge in [-0.15, -0.1) is 0 Å². The second-order valence-corrected chi connectivity index (χ2v) is 3.44. The van der Waals surface area contributed by atoms with Crippen molar-refractivity contribution < 1.29 is 9.47 Å². The van der Waals surface area contributed by atoms with Gasteiger partial charge >= 0.3 is 0 Å². The quantitative estimate of drug-likeness (QED) is 0.581. The van der Waals surface area contributed by atoms with E-state index in [1.54, 1.807) is 0 Å². The first-order valence-corrected chi connectivity index (χ1v) is 4.07. The Morgan fingerprint density at radius 3 is 3.09 bits per heavy atom. The molecule has 0 bridgehead atoms. The van der Waals surface area contributed by atoms with Gasteiger partial charge < -0.3 is 9.47 Å². The molecule has 0 N–H and O–H groups in total. The lowest BCUT2D eigenvalue weighted by molar-refractivity contribution is -0.0303. The van der Waals surface area contributed by atoms with Gasteiger partial charge in [0.15, 0.2) is 0 Å². The van der Waals surface area contributed by atoms with E-state index in [-0.39, 0.29) is 5.41 Å². The minimum Gasteiger partial charge on any atom is -0.501 e. The van der Waals surface area contributed by atoms with E-state index in [9.17, 15) is 0 Å². The van der Waals surface area contributed by atoms with Crippen LogP contribution in [0.1, 0.15) is 19.8 Å². The number of hydrogen-bond donors (Lipinski definition) is 0. The molecule has 0 radical (unpaired) electrons. The maximum absolute atomic E-state index is 5.37. The molecule has 0 amide bonds. The molecule has 0 aromatic rings. The van der Waals surface area contributed by atoms with Crippen LogP contribution in [0.5, 0.6) is 0 Å². The van der Waals surface area contributed by atoms with Gasteiger partial charge in [-0.3, -0.25) is 0 Å². The summed E-state index contributed by atoms with van der Waals surface area (Å²) in [5, 5.41) is 0. The molecule has 0 saturated carbocycles. The van der Waals surface area contributed by atoms with Gasteiger partial charge in [-0.2, -0.15) is 0 Å². The summed E-state index contributed by atoms with van der Waals surface area (Å²) in [5.74, 6) is 0. The Morgan fingerprint density at radius 1 is 1.73 bits per heavy atom. The van der Waals surface area contributed by atoms with Crippen molar-refractivity contribution in [1.82, 2.24) is 0 Å². The number of ether oxygens (including phenoxy) is 2. The molecule has 0 aromatic heterocycles. The highest BCUT2D eigenvalue weighted by Gasteiger charge is 2.27. The van der Waals surface area contributed by atoms with Crippen LogP contribution in [0.25, 0.3) is 0 Å². The molecule has 1 heterocycles. The molecule has 1 unspecified atom stereocenters. The molecule has 0 aliphatic carbocycles. The Morgan fingerprint density at radius 2 is 2.55 bits per heavy atom. The fraction of sp³-hybridized carbons (Fsp3) is 0.778. The molecular weight excluding hydrogens is 140 g/mol. The van der Waals surface area contributed by atoms with Gasteiger partial charge in [0.05, 0.1) is 19.5 Å². The van der Waals surface area contributed by atoms with Crippen molar-refractivity contribution in [2.75, 3.05) is 19.8 Å². The maximum atomic E-state index is 5.37. The Labute approximate surface area is 68.2 Å². The molecule has 1 fully saturated rings. The molecule has 2 heteroatoms. The van der Waals surface area contributed by atoms with Crippen molar-refractivity contribution in [2.45, 2.75) is 19.8 Å². The number of hydrogen-bond acceptors (Lipinski definition) is 2. The Kier molecular flexibility index (Phi) is 2.94. The van der Waals surface area contributed by atoms with Crippen molar-refractivity contribution >= 4 is 0 Å². The van der Waals surface area contributed by atoms with Gasteiger partial charge in [-0.25, -0.2) is 0 Å². The van der Waals surface area contributed by atoms with Crippen LogP contribution in [0.2, 0.25) is 0 Å². The third-order valence-electron chi connectivity index (χ3n) is 2.07. The van der Waals surface area contributed by atoms with Crippen LogP contribution in [-0.2, 0) is 9.47 Å². The van der Waals surface area contributed by atoms with Gasteiger partial charge in [0.2, 0.25) is 0 Å². The van der Waals surface area contributed by atoms with Crippen molar-refractivity contribution in [3.8, 4) is 0 Å². The van der Waals surface area contributed by atoms with Crippen LogP contribution in [0.4, 0.5) is 0 Å². The summed E-state index contributed by atoms with van der Waals surface area (Å²) in [7, 11) is 0. The predicted molar refractivity (Wildman–Crippen MR) is 44.3 cm³/mol. The van der Waals surface area contributed by atoms with E-state index >= 15 is 0 Å². The van der Waals surface area contributed by atoms with Gasteiger partial charge in [0, 0.05) is 12.0 Å². The summed E-state index contributed by atoms with van der Waals surface area (Å²) in [4.78, 5) is 0. The van der Waals surface area contributed by atoms with Crippen LogP contribution >= 0.6 is 0 Å². The molecule has 1 saturated heterocycles. The van der Waals surface area contributed by atoms with E-state index in [2.05, 4.69) is 13.5 Å². The zero-order chi connectivity index (χ0) is 8.16. The average molecular weight is 156 g/mol. The van der Waals surface area contributed by atoms with Crippen molar-refractivity contribution in [3.63, 3.8) is 0 Å². The first kappa shape index (κ1) is 8.60. The smallest absolute Gasteiger partial charge is 0.0948 e. The first-order valence-electron chi connectivity index (χ1n) is 4.07. The van der Waals surface area contributed by atoms with Crippen LogP contribution in [0, 0.1) is 5.41 Å². The second kappa shape index (κ2) is 3.77. The molecule has 0 spiro atoms. The van der Waals surface area contributed by atoms with Crippen molar-refractivity contribution in [1.29, 1.82) is 0 Å². The normalized spacial score (nSPS) is 31.4. The standard InChI is InChI=1S/C9H16O2/c1-3-10-7-9(2)5-4-6-11-8-9/h3H,1,4-8H2,2H3. The lowest BCUT2D eigenvalue weighted by Gasteiger charge is -2.32. The fourth-order valence-corrected chi connectivity index (χ4v) is 1.37. The van der Waals surface area contributed by atoms with Gasteiger partial charge in [0.25, 0.3) is 0 Å². The predicted octanol–water partition coefficient (Wildman–Crippen LogP) is 1.96. The third kappa shape index (κ3) is 2.54. The van der Waals surface area contributed by atoms with Crippen LogP contribution < -0.4 is 0 Å². The maximum Gasteiger partial charge on any atom is 0.0948 e. The topological polar surface area (TPSA) is 18.5 Å². The molecule has 64 valence electrons. The average Bonchev–Trinajstić information content (AvgIpc) is 2.03. The van der Waals surface area contributed by atoms with Crippen LogP contribution in [0.15, 0.2) is 12.8 Å². The molecule has 1 atom stereocenters. The van der Waals surface area contributed by atoms with Crippen molar-refractivity contribution in [2.24, 2.45) is 5.41 Å². The lowest BCUT2D eigenvalue weighted by Crippen LogP contribution is -2.32. The largest absolute Gasteiger partial charge is 0.501 e. The second-order valence-electron chi connectivity index (χ2n) is 3.44. The SMILES string of the molecule is C=COCC1(C)CCCOC1. The van der Waals surface area contributed by atoms with E-state index in [4.69, 9.17) is 9.47 Å². The highest BCUT2D eigenvalue weighted by molar-refractivity contribution is 4.77. The molecule has 0 aromatic carbocycles. The van der Waals surface area contributed by atoms with Crippen LogP contribution in [-0.4, -0.2) is 19.8 Å². The fourth-order valence-electron chi connectivity index (χ4n) is 1.37. The van der Waals surface area contributed by atoms with Gasteiger partial charge in [-0.1, -0.05) is 13.5 Å². The summed E-state index contributed by atoms with van der Waals surface area (Å²) in [6, 6.07) is 0. The Hall–Kier alpha value is -0.500. The summed E-state index contributed by atoms with van der Waals surface area (Å²) < 4.78 is 10.5.